The molecule has 0 saturated heterocycles. The zero-order chi connectivity index (χ0) is 26.8. The van der Waals surface area contributed by atoms with Gasteiger partial charge in [0.25, 0.3) is 10.0 Å². The molecule has 4 aromatic rings. The van der Waals surface area contributed by atoms with E-state index in [-0.39, 0.29) is 14.8 Å². The second-order valence-electron chi connectivity index (χ2n) is 7.76. The summed E-state index contributed by atoms with van der Waals surface area (Å²) in [5, 5.41) is 9.41. The molecule has 2 heterocycles. The fraction of sp³-hybridized carbons (Fsp3) is 0.130. The third-order valence-corrected chi connectivity index (χ3v) is 9.89. The average Bonchev–Trinajstić information content (AvgIpc) is 3.30. The van der Waals surface area contributed by atoms with Crippen molar-refractivity contribution >= 4 is 50.6 Å². The summed E-state index contributed by atoms with van der Waals surface area (Å²) in [5.74, 6) is -2.91. The molecule has 0 aliphatic heterocycles. The van der Waals surface area contributed by atoms with E-state index >= 15 is 0 Å². The third-order valence-electron chi connectivity index (χ3n) is 5.25. The number of pyridine rings is 1. The van der Waals surface area contributed by atoms with Crippen LogP contribution in [0.15, 0.2) is 71.2 Å². The molecule has 2 aromatic carbocycles. The van der Waals surface area contributed by atoms with E-state index in [0.29, 0.717) is 35.1 Å². The molecule has 14 heteroatoms. The molecule has 9 nitrogen and oxygen atoms in total. The summed E-state index contributed by atoms with van der Waals surface area (Å²) in [6.07, 6.45) is 3.76. The van der Waals surface area contributed by atoms with Crippen LogP contribution in [0.5, 0.6) is 5.75 Å². The van der Waals surface area contributed by atoms with Crippen molar-refractivity contribution in [3.8, 4) is 11.8 Å². The van der Waals surface area contributed by atoms with Gasteiger partial charge < -0.3 is 19.1 Å². The minimum absolute atomic E-state index is 0.177. The number of aromatic nitrogens is 1. The summed E-state index contributed by atoms with van der Waals surface area (Å²) in [4.78, 5) is 21.7. The van der Waals surface area contributed by atoms with Crippen LogP contribution in [0.2, 0.25) is 5.02 Å². The fourth-order valence-electron chi connectivity index (χ4n) is 3.44. The van der Waals surface area contributed by atoms with Crippen LogP contribution in [0.1, 0.15) is 16.9 Å². The molecule has 0 bridgehead atoms. The normalized spacial score (nSPS) is 14.1. The molecule has 0 aliphatic carbocycles. The predicted octanol–water partition coefficient (Wildman–Crippen LogP) is 3.45. The lowest BCUT2D eigenvalue weighted by atomic mass is 10.1. The van der Waals surface area contributed by atoms with Gasteiger partial charge in [-0.15, -0.1) is 11.3 Å². The Labute approximate surface area is 220 Å². The average molecular weight is 582 g/mol. The predicted molar refractivity (Wildman–Crippen MR) is 133 cm³/mol. The highest BCUT2D eigenvalue weighted by Gasteiger charge is 2.30. The molecule has 0 fully saturated rings. The van der Waals surface area contributed by atoms with Gasteiger partial charge in [0.2, 0.25) is 0 Å². The molecule has 4 rings (SSSR count). The van der Waals surface area contributed by atoms with Crippen LogP contribution < -0.4 is 18.9 Å². The van der Waals surface area contributed by atoms with Gasteiger partial charge >= 0.3 is 0 Å². The molecule has 0 saturated carbocycles. The second-order valence-corrected chi connectivity index (χ2v) is 12.8. The van der Waals surface area contributed by atoms with Crippen LogP contribution in [-0.4, -0.2) is 19.9 Å². The Hall–Kier alpha value is -2.88. The summed E-state index contributed by atoms with van der Waals surface area (Å²) >= 11 is 7.28. The summed E-state index contributed by atoms with van der Waals surface area (Å²) in [7, 11) is -9.90. The molecule has 2 aromatic heterocycles. The largest absolute Gasteiger partial charge is 0.777 e. The van der Waals surface area contributed by atoms with E-state index in [0.717, 1.165) is 23.5 Å². The number of sulfonamides is 1. The van der Waals surface area contributed by atoms with Crippen LogP contribution in [0.25, 0.3) is 10.1 Å². The quantitative estimate of drug-likeness (QED) is 0.228. The summed E-state index contributed by atoms with van der Waals surface area (Å²) < 4.78 is 62.0. The number of nitrogens with zero attached hydrogens (tertiary/aromatic N) is 2. The number of nitrogens with one attached hydrogen (secondary N) is 1. The Bertz CT molecular complexity index is 1650. The van der Waals surface area contributed by atoms with Gasteiger partial charge in [-0.25, -0.2) is 17.4 Å². The smallest absolute Gasteiger partial charge is 0.251 e. The number of hydrogen-bond acceptors (Lipinski definition) is 7. The van der Waals surface area contributed by atoms with Crippen LogP contribution >= 0.6 is 30.5 Å². The van der Waals surface area contributed by atoms with Crippen LogP contribution in [0.4, 0.5) is 4.39 Å². The first kappa shape index (κ1) is 27.2. The monoisotopic (exact) mass is 581 g/mol. The lowest BCUT2D eigenvalue weighted by molar-refractivity contribution is -0.697. The first-order chi connectivity index (χ1) is 17.5. The van der Waals surface area contributed by atoms with E-state index < -0.39 is 34.8 Å². The van der Waals surface area contributed by atoms with Gasteiger partial charge in [-0.3, -0.25) is 0 Å². The van der Waals surface area contributed by atoms with E-state index in [1.165, 1.54) is 6.07 Å². The summed E-state index contributed by atoms with van der Waals surface area (Å²) in [6, 6.07) is 14.4. The standard InChI is InChI=1S/C23H18ClFN3O6PS2/c24-22-17-13-21(36-20(17)7-6-19(22)34-11-10-28-8-2-1-3-9-28)37(32,33)27-23(35(29,30)31)15-4-5-16(14-26)18(25)12-15/h1-9,12-13,23,27H,10-11H2,(H-,29,30,31). The zero-order valence-electron chi connectivity index (χ0n) is 18.7. The van der Waals surface area contributed by atoms with E-state index in [2.05, 4.69) is 0 Å². The number of hydrogen-bond donors (Lipinski definition) is 2. The maximum absolute atomic E-state index is 14.1. The molecule has 0 radical (unpaired) electrons. The fourth-order valence-corrected chi connectivity index (χ4v) is 7.73. The highest BCUT2D eigenvalue weighted by molar-refractivity contribution is 7.92. The van der Waals surface area contributed by atoms with E-state index in [9.17, 15) is 27.2 Å². The molecular formula is C23H18ClFN3O6PS2. The van der Waals surface area contributed by atoms with Gasteiger partial charge in [0, 0.05) is 22.2 Å². The lowest BCUT2D eigenvalue weighted by Gasteiger charge is -2.28. The Morgan fingerprint density at radius 3 is 2.62 bits per heavy atom. The zero-order valence-corrected chi connectivity index (χ0v) is 22.0. The van der Waals surface area contributed by atoms with Crippen LogP contribution in [-0.2, 0) is 21.1 Å². The number of fused-ring (bicyclic) bond motifs is 1. The number of benzene rings is 2. The Morgan fingerprint density at radius 1 is 1.24 bits per heavy atom. The SMILES string of the molecule is N#Cc1ccc(C(NS(=O)(=O)c2cc3c(Cl)c(OCC[n+]4ccccc4)ccc3s2)P(=O)([O-])O)cc1F. The van der Waals surface area contributed by atoms with Crippen molar-refractivity contribution in [1.29, 1.82) is 5.26 Å². The van der Waals surface area contributed by atoms with Gasteiger partial charge in [0.15, 0.2) is 26.5 Å². The van der Waals surface area contributed by atoms with Gasteiger partial charge in [0.05, 0.1) is 10.6 Å². The molecule has 0 amide bonds. The van der Waals surface area contributed by atoms with E-state index in [4.69, 9.17) is 21.6 Å². The lowest BCUT2D eigenvalue weighted by Crippen LogP contribution is -2.35. The van der Waals surface area contributed by atoms with Crippen molar-refractivity contribution in [2.24, 2.45) is 0 Å². The minimum Gasteiger partial charge on any atom is -0.777 e. The van der Waals surface area contributed by atoms with Crippen molar-refractivity contribution in [3.63, 3.8) is 0 Å². The van der Waals surface area contributed by atoms with Gasteiger partial charge in [0.1, 0.15) is 34.2 Å². The first-order valence-electron chi connectivity index (χ1n) is 10.5. The molecule has 0 spiro atoms. The minimum atomic E-state index is -5.38. The highest BCUT2D eigenvalue weighted by atomic mass is 35.5. The second kappa shape index (κ2) is 10.8. The maximum atomic E-state index is 14.1. The number of ether oxygens (including phenoxy) is 1. The Balaban J connectivity index is 1.59. The molecular weight excluding hydrogens is 564 g/mol. The van der Waals surface area contributed by atoms with Crippen LogP contribution in [0, 0.1) is 17.1 Å². The number of halogens is 2. The first-order valence-corrected chi connectivity index (χ1v) is 14.9. The van der Waals surface area contributed by atoms with Crippen molar-refractivity contribution in [2.45, 2.75) is 16.5 Å². The third kappa shape index (κ3) is 6.17. The molecule has 2 atom stereocenters. The van der Waals surface area contributed by atoms with Crippen LogP contribution in [0.3, 0.4) is 0 Å². The number of nitriles is 1. The highest BCUT2D eigenvalue weighted by Crippen LogP contribution is 2.47. The van der Waals surface area contributed by atoms with E-state index in [1.54, 1.807) is 18.2 Å². The maximum Gasteiger partial charge on any atom is 0.251 e. The topological polar surface area (TPSA) is 143 Å². The molecule has 37 heavy (non-hydrogen) atoms. The van der Waals surface area contributed by atoms with Gasteiger partial charge in [-0.1, -0.05) is 23.7 Å². The molecule has 2 N–H and O–H groups in total. The summed E-state index contributed by atoms with van der Waals surface area (Å²) in [5.41, 5.74) is -0.768. The Kier molecular flexibility index (Phi) is 7.96. The Morgan fingerprint density at radius 2 is 1.97 bits per heavy atom. The van der Waals surface area contributed by atoms with Gasteiger partial charge in [-0.2, -0.15) is 9.98 Å². The van der Waals surface area contributed by atoms with Crippen molar-refractivity contribution in [2.75, 3.05) is 6.61 Å². The van der Waals surface area contributed by atoms with E-state index in [1.807, 2.05) is 39.9 Å². The molecule has 0 aliphatic rings. The van der Waals surface area contributed by atoms with Gasteiger partial charge in [-0.05, 0) is 35.9 Å². The number of thiophene rings is 1. The number of rotatable bonds is 9. The molecule has 192 valence electrons. The van der Waals surface area contributed by atoms with Crippen molar-refractivity contribution in [3.05, 3.63) is 89.0 Å². The van der Waals surface area contributed by atoms with Crippen molar-refractivity contribution < 1.29 is 36.5 Å². The molecule has 2 unspecified atom stereocenters. The summed E-state index contributed by atoms with van der Waals surface area (Å²) in [6.45, 7) is 0.852. The van der Waals surface area contributed by atoms with Crippen molar-refractivity contribution in [1.82, 2.24) is 4.72 Å².